The number of nitrogens with one attached hydrogen (secondary N) is 1. The van der Waals surface area contributed by atoms with Crippen molar-refractivity contribution in [2.45, 2.75) is 44.9 Å². The molecule has 0 aliphatic carbocycles. The standard InChI is InChI=1S/C22H27N5O6/c1-22(2,3)33-21(29)27-11-14(9-15(27)12-30-4)24-18(28)20-26-25-19(32-20)16-8-13(10-23)6-7-17(16)31-5/h6-8,14-15H,9,11-12H2,1-5H3,(H,24,28)/t14?,15-/m1/s1. The Kier molecular flexibility index (Phi) is 7.18. The lowest BCUT2D eigenvalue weighted by Crippen LogP contribution is -2.43. The third-order valence-corrected chi connectivity index (χ3v) is 4.91. The molecule has 1 saturated heterocycles. The number of aromatic nitrogens is 2. The van der Waals surface area contributed by atoms with Crippen LogP contribution in [0.25, 0.3) is 11.5 Å². The molecule has 1 aromatic heterocycles. The van der Waals surface area contributed by atoms with Crippen molar-refractivity contribution in [3.05, 3.63) is 29.7 Å². The van der Waals surface area contributed by atoms with Gasteiger partial charge in [0.25, 0.3) is 5.89 Å². The molecule has 0 saturated carbocycles. The zero-order chi connectivity index (χ0) is 24.2. The molecule has 0 spiro atoms. The topological polar surface area (TPSA) is 140 Å². The number of methoxy groups -OCH3 is 2. The van der Waals surface area contributed by atoms with E-state index in [4.69, 9.17) is 23.9 Å². The van der Waals surface area contributed by atoms with Gasteiger partial charge in [-0.3, -0.25) is 4.79 Å². The van der Waals surface area contributed by atoms with E-state index in [0.29, 0.717) is 29.9 Å². The SMILES string of the molecule is COC[C@H]1CC(NC(=O)c2nnc(-c3cc(C#N)ccc3OC)o2)CN1C(=O)OC(C)(C)C. The van der Waals surface area contributed by atoms with Gasteiger partial charge in [0.1, 0.15) is 11.4 Å². The van der Waals surface area contributed by atoms with E-state index in [2.05, 4.69) is 15.5 Å². The predicted octanol–water partition coefficient (Wildman–Crippen LogP) is 2.37. The van der Waals surface area contributed by atoms with Gasteiger partial charge < -0.3 is 28.8 Å². The summed E-state index contributed by atoms with van der Waals surface area (Å²) < 4.78 is 21.5. The summed E-state index contributed by atoms with van der Waals surface area (Å²) in [4.78, 5) is 26.9. The number of amides is 2. The summed E-state index contributed by atoms with van der Waals surface area (Å²) in [7, 11) is 3.02. The molecule has 1 aliphatic rings. The van der Waals surface area contributed by atoms with Crippen molar-refractivity contribution in [2.24, 2.45) is 0 Å². The first-order chi connectivity index (χ1) is 15.6. The number of rotatable bonds is 6. The molecular formula is C22H27N5O6. The smallest absolute Gasteiger partial charge is 0.410 e. The molecule has 11 nitrogen and oxygen atoms in total. The van der Waals surface area contributed by atoms with Crippen LogP contribution in [0.1, 0.15) is 43.4 Å². The second kappa shape index (κ2) is 9.87. The molecule has 3 rings (SSSR count). The van der Waals surface area contributed by atoms with Crippen molar-refractivity contribution in [1.29, 1.82) is 5.26 Å². The van der Waals surface area contributed by atoms with Crippen LogP contribution in [0.4, 0.5) is 4.79 Å². The summed E-state index contributed by atoms with van der Waals surface area (Å²) in [6.45, 7) is 5.94. The summed E-state index contributed by atoms with van der Waals surface area (Å²) in [5.41, 5.74) is 0.146. The lowest BCUT2D eigenvalue weighted by Gasteiger charge is -2.28. The van der Waals surface area contributed by atoms with Gasteiger partial charge in [-0.05, 0) is 45.4 Å². The van der Waals surface area contributed by atoms with Crippen LogP contribution >= 0.6 is 0 Å². The van der Waals surface area contributed by atoms with Gasteiger partial charge in [0.15, 0.2) is 0 Å². The molecule has 33 heavy (non-hydrogen) atoms. The highest BCUT2D eigenvalue weighted by Crippen LogP contribution is 2.30. The van der Waals surface area contributed by atoms with E-state index in [1.54, 1.807) is 51.0 Å². The Hall–Kier alpha value is -3.65. The molecule has 1 aliphatic heterocycles. The van der Waals surface area contributed by atoms with Gasteiger partial charge in [0, 0.05) is 19.7 Å². The molecular weight excluding hydrogens is 430 g/mol. The van der Waals surface area contributed by atoms with Gasteiger partial charge in [0.05, 0.1) is 37.0 Å². The second-order valence-corrected chi connectivity index (χ2v) is 8.59. The van der Waals surface area contributed by atoms with Crippen molar-refractivity contribution < 1.29 is 28.2 Å². The normalized spacial score (nSPS) is 18.0. The monoisotopic (exact) mass is 457 g/mol. The second-order valence-electron chi connectivity index (χ2n) is 8.59. The minimum Gasteiger partial charge on any atom is -0.496 e. The van der Waals surface area contributed by atoms with Gasteiger partial charge >= 0.3 is 17.9 Å². The zero-order valence-electron chi connectivity index (χ0n) is 19.2. The summed E-state index contributed by atoms with van der Waals surface area (Å²) in [6, 6.07) is 6.18. The molecule has 1 N–H and O–H groups in total. The van der Waals surface area contributed by atoms with E-state index in [0.717, 1.165) is 0 Å². The van der Waals surface area contributed by atoms with Crippen LogP contribution in [-0.4, -0.2) is 72.2 Å². The fourth-order valence-electron chi connectivity index (χ4n) is 3.53. The molecule has 2 amide bonds. The maximum Gasteiger partial charge on any atom is 0.410 e. The Morgan fingerprint density at radius 1 is 1.30 bits per heavy atom. The Morgan fingerprint density at radius 2 is 2.06 bits per heavy atom. The summed E-state index contributed by atoms with van der Waals surface area (Å²) >= 11 is 0. The van der Waals surface area contributed by atoms with Crippen LogP contribution in [0.3, 0.4) is 0 Å². The Balaban J connectivity index is 1.72. The van der Waals surface area contributed by atoms with Crippen molar-refractivity contribution in [3.8, 4) is 23.3 Å². The molecule has 2 heterocycles. The minimum atomic E-state index is -0.639. The highest BCUT2D eigenvalue weighted by atomic mass is 16.6. The molecule has 2 atom stereocenters. The van der Waals surface area contributed by atoms with Gasteiger partial charge in [0.2, 0.25) is 0 Å². The summed E-state index contributed by atoms with van der Waals surface area (Å²) in [5.74, 6) is -0.339. The van der Waals surface area contributed by atoms with Gasteiger partial charge in [-0.2, -0.15) is 5.26 Å². The van der Waals surface area contributed by atoms with Crippen molar-refractivity contribution in [2.75, 3.05) is 27.4 Å². The van der Waals surface area contributed by atoms with Crippen LogP contribution in [0, 0.1) is 11.3 Å². The van der Waals surface area contributed by atoms with Crippen LogP contribution in [0.15, 0.2) is 22.6 Å². The highest BCUT2D eigenvalue weighted by Gasteiger charge is 2.38. The first-order valence-corrected chi connectivity index (χ1v) is 10.4. The largest absolute Gasteiger partial charge is 0.496 e. The molecule has 1 unspecified atom stereocenters. The van der Waals surface area contributed by atoms with Crippen molar-refractivity contribution >= 4 is 12.0 Å². The lowest BCUT2D eigenvalue weighted by molar-refractivity contribution is 0.0146. The van der Waals surface area contributed by atoms with E-state index in [1.807, 2.05) is 6.07 Å². The number of nitrogens with zero attached hydrogens (tertiary/aromatic N) is 4. The van der Waals surface area contributed by atoms with E-state index in [9.17, 15) is 9.59 Å². The van der Waals surface area contributed by atoms with Crippen molar-refractivity contribution in [3.63, 3.8) is 0 Å². The first kappa shape index (κ1) is 24.0. The molecule has 1 aromatic carbocycles. The number of carbonyl (C=O) groups is 2. The number of benzene rings is 1. The Bertz CT molecular complexity index is 1050. The third-order valence-electron chi connectivity index (χ3n) is 4.91. The maximum absolute atomic E-state index is 12.7. The number of hydrogen-bond acceptors (Lipinski definition) is 9. The van der Waals surface area contributed by atoms with Crippen LogP contribution in [0.2, 0.25) is 0 Å². The highest BCUT2D eigenvalue weighted by molar-refractivity contribution is 5.90. The molecule has 0 bridgehead atoms. The number of likely N-dealkylation sites (tertiary alicyclic amines) is 1. The average Bonchev–Trinajstić information content (AvgIpc) is 3.40. The van der Waals surface area contributed by atoms with Crippen LogP contribution in [0.5, 0.6) is 5.75 Å². The van der Waals surface area contributed by atoms with E-state index >= 15 is 0 Å². The molecule has 1 fully saturated rings. The molecule has 2 aromatic rings. The van der Waals surface area contributed by atoms with E-state index in [-0.39, 0.29) is 30.4 Å². The number of carbonyl (C=O) groups excluding carboxylic acids is 2. The molecule has 11 heteroatoms. The fourth-order valence-corrected chi connectivity index (χ4v) is 3.53. The zero-order valence-corrected chi connectivity index (χ0v) is 19.2. The predicted molar refractivity (Wildman–Crippen MR) is 115 cm³/mol. The first-order valence-electron chi connectivity index (χ1n) is 10.4. The summed E-state index contributed by atoms with van der Waals surface area (Å²) in [5, 5.41) is 19.7. The quantitative estimate of drug-likeness (QED) is 0.692. The Morgan fingerprint density at radius 3 is 2.70 bits per heavy atom. The van der Waals surface area contributed by atoms with Gasteiger partial charge in [-0.25, -0.2) is 4.79 Å². The minimum absolute atomic E-state index is 0.0492. The van der Waals surface area contributed by atoms with Gasteiger partial charge in [-0.1, -0.05) is 0 Å². The van der Waals surface area contributed by atoms with Crippen molar-refractivity contribution in [1.82, 2.24) is 20.4 Å². The molecule has 176 valence electrons. The van der Waals surface area contributed by atoms with E-state index < -0.39 is 17.6 Å². The maximum atomic E-state index is 12.7. The Labute approximate surface area is 191 Å². The molecule has 0 radical (unpaired) electrons. The lowest BCUT2D eigenvalue weighted by atomic mass is 10.1. The number of nitriles is 1. The van der Waals surface area contributed by atoms with Gasteiger partial charge in [-0.15, -0.1) is 10.2 Å². The average molecular weight is 457 g/mol. The van der Waals surface area contributed by atoms with E-state index in [1.165, 1.54) is 7.11 Å². The summed E-state index contributed by atoms with van der Waals surface area (Å²) in [6.07, 6.45) is 0.0172. The number of hydrogen-bond donors (Lipinski definition) is 1. The number of ether oxygens (including phenoxy) is 3. The van der Waals surface area contributed by atoms with Crippen LogP contribution in [-0.2, 0) is 9.47 Å². The van der Waals surface area contributed by atoms with Crippen LogP contribution < -0.4 is 10.1 Å². The fraction of sp³-hybridized carbons (Fsp3) is 0.500. The third kappa shape index (κ3) is 5.78.